The van der Waals surface area contributed by atoms with Gasteiger partial charge < -0.3 is 9.45 Å². The summed E-state index contributed by atoms with van der Waals surface area (Å²) in [5, 5.41) is 0. The molecule has 0 aromatic rings. The minimum absolute atomic E-state index is 0. The van der Waals surface area contributed by atoms with Crippen LogP contribution in [-0.4, -0.2) is 60.1 Å². The monoisotopic (exact) mass is 675 g/mol. The SMILES string of the molecule is CCCCCCCCCCCCCCCCN(C)CCCCCCCCCCCCCCCC.O=S(=O)(O)O.O=S(=O)([O-])O.[H+]. The maximum absolute atomic E-state index is 8.74. The average molecular weight is 676 g/mol. The second-order valence-electron chi connectivity index (χ2n) is 12.4. The van der Waals surface area contributed by atoms with Crippen LogP contribution in [0.5, 0.6) is 0 Å². The molecule has 0 aromatic carbocycles. The molecule has 0 saturated carbocycles. The molecule has 0 unspecified atom stereocenters. The topological polar surface area (TPSA) is 155 Å². The van der Waals surface area contributed by atoms with Crippen LogP contribution in [0, 0.1) is 0 Å². The summed E-state index contributed by atoms with van der Waals surface area (Å²) in [6, 6.07) is 0. The zero-order valence-corrected chi connectivity index (χ0v) is 30.5. The minimum atomic E-state index is -4.92. The summed E-state index contributed by atoms with van der Waals surface area (Å²) in [5.74, 6) is 0. The Morgan fingerprint density at radius 3 is 0.727 bits per heavy atom. The molecule has 0 aromatic heterocycles. The largest absolute Gasteiger partial charge is 1.00 e. The number of rotatable bonds is 30. The third kappa shape index (κ3) is 68.7. The number of nitrogens with zero attached hydrogens (tertiary/aromatic N) is 1. The van der Waals surface area contributed by atoms with E-state index in [1.54, 1.807) is 0 Å². The van der Waals surface area contributed by atoms with E-state index < -0.39 is 20.8 Å². The van der Waals surface area contributed by atoms with Crippen molar-refractivity contribution in [2.75, 3.05) is 20.1 Å². The average Bonchev–Trinajstić information content (AvgIpc) is 2.91. The Hall–Kier alpha value is -0.300. The fourth-order valence-corrected chi connectivity index (χ4v) is 5.26. The van der Waals surface area contributed by atoms with Gasteiger partial charge in [0.05, 0.1) is 0 Å². The fourth-order valence-electron chi connectivity index (χ4n) is 5.26. The highest BCUT2D eigenvalue weighted by molar-refractivity contribution is 7.80. The van der Waals surface area contributed by atoms with Crippen LogP contribution in [-0.2, 0) is 20.8 Å². The van der Waals surface area contributed by atoms with Gasteiger partial charge in [0.2, 0.25) is 10.4 Å². The molecule has 0 aliphatic rings. The van der Waals surface area contributed by atoms with E-state index in [9.17, 15) is 0 Å². The molecular formula is C33H73NO8S2. The lowest BCUT2D eigenvalue weighted by Gasteiger charge is -2.16. The molecule has 0 aliphatic heterocycles. The summed E-state index contributed by atoms with van der Waals surface area (Å²) in [6.07, 6.45) is 40.8. The van der Waals surface area contributed by atoms with Crippen LogP contribution in [0.4, 0.5) is 0 Å². The molecule has 0 fully saturated rings. The zero-order chi connectivity index (χ0) is 33.8. The van der Waals surface area contributed by atoms with E-state index in [2.05, 4.69) is 25.8 Å². The highest BCUT2D eigenvalue weighted by atomic mass is 32.3. The first-order chi connectivity index (χ1) is 20.8. The molecule has 0 amide bonds. The lowest BCUT2D eigenvalue weighted by atomic mass is 10.0. The molecule has 44 heavy (non-hydrogen) atoms. The van der Waals surface area contributed by atoms with Crippen molar-refractivity contribution in [3.63, 3.8) is 0 Å². The smallest absolute Gasteiger partial charge is 0.726 e. The lowest BCUT2D eigenvalue weighted by Crippen LogP contribution is -2.20. The van der Waals surface area contributed by atoms with Crippen molar-refractivity contribution in [1.82, 2.24) is 4.90 Å². The molecule has 0 bridgehead atoms. The first-order valence-corrected chi connectivity index (χ1v) is 20.6. The van der Waals surface area contributed by atoms with Gasteiger partial charge in [-0.15, -0.1) is 0 Å². The molecule has 0 rings (SSSR count). The van der Waals surface area contributed by atoms with Crippen molar-refractivity contribution >= 4 is 20.8 Å². The number of hydrogen-bond acceptors (Lipinski definition) is 6. The fraction of sp³-hybridized carbons (Fsp3) is 1.00. The van der Waals surface area contributed by atoms with Gasteiger partial charge in [-0.05, 0) is 33.0 Å². The summed E-state index contributed by atoms with van der Waals surface area (Å²) >= 11 is 0. The Labute approximate surface area is 275 Å². The van der Waals surface area contributed by atoms with E-state index in [-0.39, 0.29) is 1.43 Å². The quantitative estimate of drug-likeness (QED) is 0.0383. The predicted octanol–water partition coefficient (Wildman–Crippen LogP) is 10.3. The van der Waals surface area contributed by atoms with Gasteiger partial charge in [0.15, 0.2) is 0 Å². The highest BCUT2D eigenvalue weighted by Crippen LogP contribution is 2.14. The van der Waals surface area contributed by atoms with E-state index in [0.717, 1.165) is 0 Å². The molecular weight excluding hydrogens is 602 g/mol. The van der Waals surface area contributed by atoms with E-state index in [1.165, 1.54) is 193 Å². The molecule has 0 heterocycles. The summed E-state index contributed by atoms with van der Waals surface area (Å²) in [7, 11) is -7.25. The third-order valence-corrected chi connectivity index (χ3v) is 7.79. The van der Waals surface area contributed by atoms with Crippen LogP contribution in [0.1, 0.15) is 195 Å². The van der Waals surface area contributed by atoms with Gasteiger partial charge in [0.1, 0.15) is 0 Å². The normalized spacial score (nSPS) is 11.6. The maximum Gasteiger partial charge on any atom is 1.00 e. The predicted molar refractivity (Wildman–Crippen MR) is 186 cm³/mol. The van der Waals surface area contributed by atoms with Crippen LogP contribution >= 0.6 is 0 Å². The molecule has 3 N–H and O–H groups in total. The molecule has 0 aliphatic carbocycles. The van der Waals surface area contributed by atoms with E-state index in [0.29, 0.717) is 0 Å². The third-order valence-electron chi connectivity index (χ3n) is 7.79. The molecule has 0 atom stereocenters. The van der Waals surface area contributed by atoms with Crippen LogP contribution in [0.25, 0.3) is 0 Å². The second-order valence-corrected chi connectivity index (χ2v) is 14.1. The van der Waals surface area contributed by atoms with Crippen molar-refractivity contribution in [1.29, 1.82) is 0 Å². The Morgan fingerprint density at radius 2 is 0.568 bits per heavy atom. The standard InChI is InChI=1S/C33H69N.2H2O4S/c1-4-6-8-10-12-14-16-18-20-22-24-26-28-30-32-34(3)33-31-29-27-25-23-21-19-17-15-13-11-9-7-5-2;2*1-5(2,3)4/h4-33H2,1-3H3;2*(H2,1,2,3,4). The molecule has 0 radical (unpaired) electrons. The van der Waals surface area contributed by atoms with Gasteiger partial charge in [-0.2, -0.15) is 8.42 Å². The number of unbranched alkanes of at least 4 members (excludes halogenated alkanes) is 26. The van der Waals surface area contributed by atoms with Crippen LogP contribution in [0.2, 0.25) is 0 Å². The Bertz CT molecular complexity index is 678. The van der Waals surface area contributed by atoms with E-state index in [4.69, 9.17) is 35.0 Å². The van der Waals surface area contributed by atoms with Crippen LogP contribution in [0.3, 0.4) is 0 Å². The van der Waals surface area contributed by atoms with Gasteiger partial charge in [0.25, 0.3) is 0 Å². The minimum Gasteiger partial charge on any atom is -0.726 e. The van der Waals surface area contributed by atoms with E-state index in [1.807, 2.05) is 0 Å². The lowest BCUT2D eigenvalue weighted by molar-refractivity contribution is 0.314. The highest BCUT2D eigenvalue weighted by Gasteiger charge is 2.00. The van der Waals surface area contributed by atoms with Gasteiger partial charge >= 0.3 is 11.8 Å². The van der Waals surface area contributed by atoms with Crippen molar-refractivity contribution in [3.8, 4) is 0 Å². The summed E-state index contributed by atoms with van der Waals surface area (Å²) < 4.78 is 64.4. The molecule has 9 nitrogen and oxygen atoms in total. The summed E-state index contributed by atoms with van der Waals surface area (Å²) in [6.45, 7) is 7.24. The summed E-state index contributed by atoms with van der Waals surface area (Å²) in [5.41, 5.74) is 0. The second kappa shape index (κ2) is 37.2. The first kappa shape index (κ1) is 48.1. The van der Waals surface area contributed by atoms with E-state index >= 15 is 0 Å². The molecule has 270 valence electrons. The maximum atomic E-state index is 8.74. The Kier molecular flexibility index (Phi) is 40.6. The first-order valence-electron chi connectivity index (χ1n) is 17.9. The molecule has 0 spiro atoms. The van der Waals surface area contributed by atoms with Crippen molar-refractivity contribution < 1.29 is 36.5 Å². The Balaban J connectivity index is -0.000000656. The summed E-state index contributed by atoms with van der Waals surface area (Å²) in [4.78, 5) is 2.58. The van der Waals surface area contributed by atoms with Gasteiger partial charge in [-0.3, -0.25) is 13.7 Å². The number of hydrogen-bond donors (Lipinski definition) is 3. The molecule has 11 heteroatoms. The van der Waals surface area contributed by atoms with Crippen LogP contribution < -0.4 is 0 Å². The van der Waals surface area contributed by atoms with Crippen molar-refractivity contribution in [3.05, 3.63) is 0 Å². The zero-order valence-electron chi connectivity index (χ0n) is 29.9. The van der Waals surface area contributed by atoms with Gasteiger partial charge in [0, 0.05) is 0 Å². The van der Waals surface area contributed by atoms with Gasteiger partial charge in [-0.25, -0.2) is 8.42 Å². The molecule has 0 saturated heterocycles. The van der Waals surface area contributed by atoms with Gasteiger partial charge in [-0.1, -0.05) is 181 Å². The van der Waals surface area contributed by atoms with Crippen molar-refractivity contribution in [2.24, 2.45) is 0 Å². The van der Waals surface area contributed by atoms with Crippen LogP contribution in [0.15, 0.2) is 0 Å². The van der Waals surface area contributed by atoms with Crippen molar-refractivity contribution in [2.45, 2.75) is 194 Å². The Morgan fingerprint density at radius 1 is 0.432 bits per heavy atom.